The first-order valence-corrected chi connectivity index (χ1v) is 6.45. The lowest BCUT2D eigenvalue weighted by Gasteiger charge is -2.25. The smallest absolute Gasteiger partial charge is 0.315 e. The van der Waals surface area contributed by atoms with Gasteiger partial charge in [0.15, 0.2) is 0 Å². The molecule has 2 amide bonds. The number of halogens is 3. The molecule has 22 heavy (non-hydrogen) atoms. The largest absolute Gasteiger partial charge is 0.406 e. The summed E-state index contributed by atoms with van der Waals surface area (Å²) in [4.78, 5) is 22.6. The average molecular weight is 319 g/mol. The van der Waals surface area contributed by atoms with Crippen LogP contribution in [0, 0.1) is 16.0 Å². The molecule has 0 aliphatic carbocycles. The molecule has 0 saturated heterocycles. The van der Waals surface area contributed by atoms with Gasteiger partial charge in [-0.2, -0.15) is 13.2 Å². The topological polar surface area (TPSA) is 75.5 Å². The van der Waals surface area contributed by atoms with Crippen LogP contribution in [-0.2, 0) is 0 Å². The standard InChI is InChI=1S/C13H16F3N3O3/c1-9(2)7-18(8-13(14,15)16)12(20)17-10-4-3-5-11(6-10)19(21)22/h3-6,9H,7-8H2,1-2H3,(H,17,20). The van der Waals surface area contributed by atoms with Gasteiger partial charge in [0, 0.05) is 24.4 Å². The highest BCUT2D eigenvalue weighted by Crippen LogP contribution is 2.20. The minimum atomic E-state index is -4.52. The van der Waals surface area contributed by atoms with Crippen molar-refractivity contribution in [2.24, 2.45) is 5.92 Å². The van der Waals surface area contributed by atoms with Gasteiger partial charge in [0.05, 0.1) is 4.92 Å². The van der Waals surface area contributed by atoms with E-state index in [9.17, 15) is 28.1 Å². The number of hydrogen-bond acceptors (Lipinski definition) is 3. The molecule has 0 unspecified atom stereocenters. The van der Waals surface area contributed by atoms with Crippen LogP contribution in [0.3, 0.4) is 0 Å². The van der Waals surface area contributed by atoms with Crippen LogP contribution in [-0.4, -0.2) is 35.1 Å². The minimum Gasteiger partial charge on any atom is -0.315 e. The van der Waals surface area contributed by atoms with Gasteiger partial charge >= 0.3 is 12.2 Å². The number of amides is 2. The summed E-state index contributed by atoms with van der Waals surface area (Å²) in [6, 6.07) is 4.05. The van der Waals surface area contributed by atoms with E-state index in [4.69, 9.17) is 0 Å². The minimum absolute atomic E-state index is 0.0649. The first-order chi connectivity index (χ1) is 10.1. The van der Waals surface area contributed by atoms with Gasteiger partial charge in [-0.15, -0.1) is 0 Å². The number of carbonyl (C=O) groups is 1. The number of anilines is 1. The van der Waals surface area contributed by atoms with Crippen molar-refractivity contribution in [3.8, 4) is 0 Å². The highest BCUT2D eigenvalue weighted by Gasteiger charge is 2.33. The third-order valence-electron chi connectivity index (χ3n) is 2.55. The fraction of sp³-hybridized carbons (Fsp3) is 0.462. The molecule has 122 valence electrons. The molecule has 1 N–H and O–H groups in total. The first kappa shape index (κ1) is 17.7. The summed E-state index contributed by atoms with van der Waals surface area (Å²) < 4.78 is 37.5. The molecule has 1 aromatic rings. The monoisotopic (exact) mass is 319 g/mol. The maximum absolute atomic E-state index is 12.5. The molecule has 0 aliphatic rings. The van der Waals surface area contributed by atoms with E-state index in [1.807, 2.05) is 0 Å². The van der Waals surface area contributed by atoms with E-state index in [2.05, 4.69) is 5.32 Å². The summed E-state index contributed by atoms with van der Waals surface area (Å²) in [6.07, 6.45) is -4.52. The predicted octanol–water partition coefficient (Wildman–Crippen LogP) is 3.65. The molecule has 9 heteroatoms. The van der Waals surface area contributed by atoms with E-state index in [-0.39, 0.29) is 23.8 Å². The van der Waals surface area contributed by atoms with Crippen LogP contribution in [0.15, 0.2) is 24.3 Å². The number of hydrogen-bond donors (Lipinski definition) is 1. The van der Waals surface area contributed by atoms with E-state index in [0.717, 1.165) is 6.07 Å². The van der Waals surface area contributed by atoms with Gasteiger partial charge in [-0.3, -0.25) is 10.1 Å². The second-order valence-electron chi connectivity index (χ2n) is 5.13. The Hall–Kier alpha value is -2.32. The summed E-state index contributed by atoms with van der Waals surface area (Å²) in [5.41, 5.74) is -0.195. The zero-order chi connectivity index (χ0) is 16.9. The maximum Gasteiger partial charge on any atom is 0.406 e. The lowest BCUT2D eigenvalue weighted by molar-refractivity contribution is -0.384. The number of alkyl halides is 3. The van der Waals surface area contributed by atoms with Gasteiger partial charge in [-0.25, -0.2) is 4.79 Å². The van der Waals surface area contributed by atoms with E-state index in [0.29, 0.717) is 4.90 Å². The summed E-state index contributed by atoms with van der Waals surface area (Å²) >= 11 is 0. The van der Waals surface area contributed by atoms with Crippen molar-refractivity contribution < 1.29 is 22.9 Å². The normalized spacial score (nSPS) is 11.4. The fourth-order valence-corrected chi connectivity index (χ4v) is 1.78. The number of nitro benzene ring substituents is 1. The molecule has 6 nitrogen and oxygen atoms in total. The molecule has 1 rings (SSSR count). The number of carbonyl (C=O) groups excluding carboxylic acids is 1. The van der Waals surface area contributed by atoms with Gasteiger partial charge < -0.3 is 10.2 Å². The summed E-state index contributed by atoms with van der Waals surface area (Å²) in [7, 11) is 0. The maximum atomic E-state index is 12.5. The van der Waals surface area contributed by atoms with E-state index in [1.54, 1.807) is 13.8 Å². The van der Waals surface area contributed by atoms with Gasteiger partial charge in [0.1, 0.15) is 6.54 Å². The van der Waals surface area contributed by atoms with Crippen LogP contribution in [0.25, 0.3) is 0 Å². The molecule has 0 heterocycles. The van der Waals surface area contributed by atoms with Crippen LogP contribution >= 0.6 is 0 Å². The van der Waals surface area contributed by atoms with Crippen molar-refractivity contribution in [2.75, 3.05) is 18.4 Å². The zero-order valence-electron chi connectivity index (χ0n) is 12.1. The SMILES string of the molecule is CC(C)CN(CC(F)(F)F)C(=O)Nc1cccc([N+](=O)[O-])c1. The van der Waals surface area contributed by atoms with Gasteiger partial charge in [0.2, 0.25) is 0 Å². The summed E-state index contributed by atoms with van der Waals surface area (Å²) in [5, 5.41) is 12.9. The lowest BCUT2D eigenvalue weighted by Crippen LogP contribution is -2.43. The Labute approximate surface area is 125 Å². The highest BCUT2D eigenvalue weighted by atomic mass is 19.4. The molecule has 1 aromatic carbocycles. The van der Waals surface area contributed by atoms with Crippen molar-refractivity contribution >= 4 is 17.4 Å². The van der Waals surface area contributed by atoms with E-state index < -0.39 is 23.7 Å². The van der Waals surface area contributed by atoms with Gasteiger partial charge in [-0.1, -0.05) is 19.9 Å². The number of nitrogens with one attached hydrogen (secondary N) is 1. The Morgan fingerprint density at radius 1 is 1.41 bits per heavy atom. The summed E-state index contributed by atoms with van der Waals surface area (Å²) in [5.74, 6) is -0.154. The fourth-order valence-electron chi connectivity index (χ4n) is 1.78. The quantitative estimate of drug-likeness (QED) is 0.665. The second-order valence-corrected chi connectivity index (χ2v) is 5.13. The number of nitrogens with zero attached hydrogens (tertiary/aromatic N) is 2. The van der Waals surface area contributed by atoms with Gasteiger partial charge in [0.25, 0.3) is 5.69 Å². The molecule has 0 aromatic heterocycles. The van der Waals surface area contributed by atoms with Gasteiger partial charge in [-0.05, 0) is 12.0 Å². The molecule has 0 bridgehead atoms. The Morgan fingerprint density at radius 3 is 2.55 bits per heavy atom. The van der Waals surface area contributed by atoms with Crippen LogP contribution in [0.2, 0.25) is 0 Å². The molecule has 0 fully saturated rings. The number of non-ortho nitro benzene ring substituents is 1. The second kappa shape index (κ2) is 7.10. The van der Waals surface area contributed by atoms with E-state index in [1.165, 1.54) is 18.2 Å². The Bertz CT molecular complexity index is 547. The number of nitro groups is 1. The van der Waals surface area contributed by atoms with Crippen LogP contribution in [0.5, 0.6) is 0 Å². The van der Waals surface area contributed by atoms with Crippen molar-refractivity contribution in [3.63, 3.8) is 0 Å². The highest BCUT2D eigenvalue weighted by molar-refractivity contribution is 5.89. The van der Waals surface area contributed by atoms with Crippen molar-refractivity contribution in [2.45, 2.75) is 20.0 Å². The third kappa shape index (κ3) is 5.98. The summed E-state index contributed by atoms with van der Waals surface area (Å²) in [6.45, 7) is 1.90. The molecular weight excluding hydrogens is 303 g/mol. The van der Waals surface area contributed by atoms with Crippen LogP contribution < -0.4 is 5.32 Å². The Kier molecular flexibility index (Phi) is 5.72. The number of benzene rings is 1. The number of urea groups is 1. The molecule has 0 aliphatic heterocycles. The van der Waals surface area contributed by atoms with Crippen molar-refractivity contribution in [1.29, 1.82) is 0 Å². The average Bonchev–Trinajstić information content (AvgIpc) is 2.36. The Balaban J connectivity index is 2.86. The van der Waals surface area contributed by atoms with E-state index >= 15 is 0 Å². The zero-order valence-corrected chi connectivity index (χ0v) is 12.1. The molecule has 0 spiro atoms. The molecule has 0 atom stereocenters. The lowest BCUT2D eigenvalue weighted by atomic mass is 10.2. The van der Waals surface area contributed by atoms with Crippen molar-refractivity contribution in [3.05, 3.63) is 34.4 Å². The molecule has 0 saturated carbocycles. The third-order valence-corrected chi connectivity index (χ3v) is 2.55. The van der Waals surface area contributed by atoms with Crippen LogP contribution in [0.1, 0.15) is 13.8 Å². The Morgan fingerprint density at radius 2 is 2.05 bits per heavy atom. The first-order valence-electron chi connectivity index (χ1n) is 6.45. The van der Waals surface area contributed by atoms with Crippen molar-refractivity contribution in [1.82, 2.24) is 4.90 Å². The molecule has 0 radical (unpaired) electrons. The predicted molar refractivity (Wildman–Crippen MR) is 74.6 cm³/mol. The number of rotatable bonds is 5. The van der Waals surface area contributed by atoms with Crippen LogP contribution in [0.4, 0.5) is 29.3 Å². The molecular formula is C13H16F3N3O3.